The molecule has 0 aromatic heterocycles. The number of benzene rings is 2. The summed E-state index contributed by atoms with van der Waals surface area (Å²) in [5.74, 6) is -2.10. The van der Waals surface area contributed by atoms with Gasteiger partial charge >= 0.3 is 0 Å². The number of carbonyl (C=O) groups excluding carboxylic acids is 2. The van der Waals surface area contributed by atoms with Crippen molar-refractivity contribution in [3.05, 3.63) is 63.4 Å². The third kappa shape index (κ3) is 3.10. The number of nitrogens with two attached hydrogens (primary N) is 1. The normalized spacial score (nSPS) is 19.4. The van der Waals surface area contributed by atoms with Crippen LogP contribution in [0.3, 0.4) is 0 Å². The second-order valence-corrected chi connectivity index (χ2v) is 6.83. The summed E-state index contributed by atoms with van der Waals surface area (Å²) < 4.78 is 13.8. The molecule has 0 saturated heterocycles. The average molecular weight is 381 g/mol. The molecule has 0 unspecified atom stereocenters. The molecule has 0 aliphatic carbocycles. The molecule has 2 amide bonds. The van der Waals surface area contributed by atoms with Crippen molar-refractivity contribution in [2.24, 2.45) is 5.73 Å². The van der Waals surface area contributed by atoms with Crippen molar-refractivity contribution < 1.29 is 14.0 Å². The van der Waals surface area contributed by atoms with Crippen LogP contribution in [0.15, 0.2) is 36.4 Å². The van der Waals surface area contributed by atoms with Gasteiger partial charge in [-0.2, -0.15) is 0 Å². The fraction of sp³-hybridized carbons (Fsp3) is 0.222. The maximum absolute atomic E-state index is 13.8. The van der Waals surface area contributed by atoms with Crippen molar-refractivity contribution in [2.45, 2.75) is 25.3 Å². The van der Waals surface area contributed by atoms with Crippen molar-refractivity contribution in [3.8, 4) is 0 Å². The smallest absolute Gasteiger partial charge is 0.260 e. The van der Waals surface area contributed by atoms with E-state index in [2.05, 4.69) is 0 Å². The van der Waals surface area contributed by atoms with Crippen LogP contribution >= 0.6 is 23.2 Å². The first-order valence-electron chi connectivity index (χ1n) is 7.67. The highest BCUT2D eigenvalue weighted by Gasteiger charge is 2.37. The lowest BCUT2D eigenvalue weighted by atomic mass is 9.85. The summed E-state index contributed by atoms with van der Waals surface area (Å²) in [6, 6.07) is 8.97. The molecule has 2 aromatic carbocycles. The zero-order valence-electron chi connectivity index (χ0n) is 13.3. The Morgan fingerprint density at radius 2 is 1.88 bits per heavy atom. The lowest BCUT2D eigenvalue weighted by Gasteiger charge is -2.38. The highest BCUT2D eigenvalue weighted by Crippen LogP contribution is 2.39. The minimum Gasteiger partial charge on any atom is -0.369 e. The lowest BCUT2D eigenvalue weighted by Crippen LogP contribution is -2.45. The Labute approximate surface area is 154 Å². The molecular formula is C18H15Cl2FN2O2. The number of para-hydroxylation sites is 1. The van der Waals surface area contributed by atoms with Gasteiger partial charge in [-0.3, -0.25) is 9.59 Å². The van der Waals surface area contributed by atoms with Gasteiger partial charge in [0.15, 0.2) is 0 Å². The van der Waals surface area contributed by atoms with Crippen LogP contribution < -0.4 is 10.6 Å². The number of hydrogen-bond acceptors (Lipinski definition) is 2. The third-order valence-corrected chi connectivity index (χ3v) is 4.99. The Morgan fingerprint density at radius 1 is 1.20 bits per heavy atom. The van der Waals surface area contributed by atoms with Crippen LogP contribution in [0.25, 0.3) is 0 Å². The highest BCUT2D eigenvalue weighted by molar-refractivity contribution is 6.37. The van der Waals surface area contributed by atoms with E-state index in [-0.39, 0.29) is 21.7 Å². The van der Waals surface area contributed by atoms with Crippen LogP contribution in [0.2, 0.25) is 10.0 Å². The van der Waals surface area contributed by atoms with Crippen molar-refractivity contribution >= 4 is 40.7 Å². The van der Waals surface area contributed by atoms with Gasteiger partial charge in [0.25, 0.3) is 5.91 Å². The number of hydrogen-bond donors (Lipinski definition) is 1. The summed E-state index contributed by atoms with van der Waals surface area (Å²) in [6.07, 6.45) is 0.381. The van der Waals surface area contributed by atoms with E-state index in [1.54, 1.807) is 24.3 Å². The molecule has 0 bridgehead atoms. The molecular weight excluding hydrogens is 366 g/mol. The van der Waals surface area contributed by atoms with Crippen LogP contribution in [0.1, 0.15) is 35.2 Å². The molecule has 2 aromatic rings. The number of fused-ring (bicyclic) bond motifs is 1. The quantitative estimate of drug-likeness (QED) is 0.795. The second kappa shape index (κ2) is 6.65. The Morgan fingerprint density at radius 3 is 2.56 bits per heavy atom. The summed E-state index contributed by atoms with van der Waals surface area (Å²) in [7, 11) is 0. The van der Waals surface area contributed by atoms with Crippen LogP contribution in [0, 0.1) is 5.82 Å². The summed E-state index contributed by atoms with van der Waals surface area (Å²) in [5, 5.41) is -0.0828. The van der Waals surface area contributed by atoms with Gasteiger partial charge in [-0.25, -0.2) is 4.39 Å². The number of primary amides is 1. The summed E-state index contributed by atoms with van der Waals surface area (Å²) in [4.78, 5) is 26.3. The van der Waals surface area contributed by atoms with E-state index in [4.69, 9.17) is 28.9 Å². The number of amides is 2. The summed E-state index contributed by atoms with van der Waals surface area (Å²) in [5.41, 5.74) is 6.77. The molecule has 130 valence electrons. The minimum atomic E-state index is -0.720. The van der Waals surface area contributed by atoms with E-state index in [0.717, 1.165) is 6.07 Å². The maximum Gasteiger partial charge on any atom is 0.260 e. The first-order chi connectivity index (χ1) is 11.8. The van der Waals surface area contributed by atoms with Gasteiger partial charge in [0, 0.05) is 11.7 Å². The van der Waals surface area contributed by atoms with Crippen LogP contribution in [-0.4, -0.2) is 17.9 Å². The van der Waals surface area contributed by atoms with Gasteiger partial charge in [-0.1, -0.05) is 41.4 Å². The molecule has 2 N–H and O–H groups in total. The number of anilines is 1. The Hall–Kier alpha value is -2.11. The van der Waals surface area contributed by atoms with E-state index in [0.29, 0.717) is 17.7 Å². The third-order valence-electron chi connectivity index (χ3n) is 4.39. The highest BCUT2D eigenvalue weighted by atomic mass is 35.5. The largest absolute Gasteiger partial charge is 0.369 e. The van der Waals surface area contributed by atoms with E-state index >= 15 is 0 Å². The molecule has 25 heavy (non-hydrogen) atoms. The first kappa shape index (κ1) is 17.7. The molecule has 0 radical (unpaired) electrons. The van der Waals surface area contributed by atoms with E-state index in [1.165, 1.54) is 11.0 Å². The van der Waals surface area contributed by atoms with Crippen LogP contribution in [-0.2, 0) is 4.79 Å². The summed E-state index contributed by atoms with van der Waals surface area (Å²) in [6.45, 7) is 1.81. The maximum atomic E-state index is 13.8. The average Bonchev–Trinajstić information content (AvgIpc) is 2.56. The molecule has 7 heteroatoms. The minimum absolute atomic E-state index is 0.0164. The number of halogens is 3. The Balaban J connectivity index is 2.10. The van der Waals surface area contributed by atoms with Crippen molar-refractivity contribution in [1.82, 2.24) is 0 Å². The van der Waals surface area contributed by atoms with Gasteiger partial charge in [0.1, 0.15) is 5.82 Å². The molecule has 0 saturated carbocycles. The van der Waals surface area contributed by atoms with Gasteiger partial charge in [0.2, 0.25) is 5.91 Å². The number of rotatable bonds is 2. The number of nitrogens with zero attached hydrogens (tertiary/aromatic N) is 1. The zero-order valence-corrected chi connectivity index (χ0v) is 14.8. The van der Waals surface area contributed by atoms with Gasteiger partial charge in [0.05, 0.1) is 21.5 Å². The molecule has 4 nitrogen and oxygen atoms in total. The first-order valence-corrected chi connectivity index (χ1v) is 8.43. The molecule has 0 spiro atoms. The molecule has 1 aliphatic rings. The molecule has 1 aliphatic heterocycles. The van der Waals surface area contributed by atoms with E-state index < -0.39 is 23.5 Å². The molecule has 2 atom stereocenters. The fourth-order valence-electron chi connectivity index (χ4n) is 3.21. The second-order valence-electron chi connectivity index (χ2n) is 6.02. The lowest BCUT2D eigenvalue weighted by molar-refractivity contribution is -0.119. The van der Waals surface area contributed by atoms with Crippen LogP contribution in [0.4, 0.5) is 10.1 Å². The number of carbonyl (C=O) groups is 2. The molecule has 1 heterocycles. The molecule has 3 rings (SSSR count). The monoisotopic (exact) mass is 380 g/mol. The SMILES string of the molecule is C[C@H]1C[C@H](C(N)=O)c2ccccc2N1C(=O)c1cc(F)c(Cl)cc1Cl. The van der Waals surface area contributed by atoms with Gasteiger partial charge in [-0.15, -0.1) is 0 Å². The Kier molecular flexibility index (Phi) is 4.71. The van der Waals surface area contributed by atoms with E-state index in [1.807, 2.05) is 6.92 Å². The van der Waals surface area contributed by atoms with Crippen molar-refractivity contribution in [2.75, 3.05) is 4.90 Å². The zero-order chi connectivity index (χ0) is 18.3. The predicted octanol–water partition coefficient (Wildman–Crippen LogP) is 4.14. The van der Waals surface area contributed by atoms with Crippen molar-refractivity contribution in [3.63, 3.8) is 0 Å². The fourth-order valence-corrected chi connectivity index (χ4v) is 3.67. The van der Waals surface area contributed by atoms with E-state index in [9.17, 15) is 14.0 Å². The topological polar surface area (TPSA) is 63.4 Å². The molecule has 0 fully saturated rings. The van der Waals surface area contributed by atoms with Crippen molar-refractivity contribution in [1.29, 1.82) is 0 Å². The van der Waals surface area contributed by atoms with Crippen LogP contribution in [0.5, 0.6) is 0 Å². The standard InChI is InChI=1S/C18H15Cl2FN2O2/c1-9-6-11(17(22)24)10-4-2-3-5-16(10)23(9)18(25)12-7-15(21)14(20)8-13(12)19/h2-5,7-9,11H,6H2,1H3,(H2,22,24)/t9-,11-/m0/s1. The Bertz CT molecular complexity index is 872. The van der Waals surface area contributed by atoms with Gasteiger partial charge < -0.3 is 10.6 Å². The summed E-state index contributed by atoms with van der Waals surface area (Å²) >= 11 is 11.8. The van der Waals surface area contributed by atoms with Gasteiger partial charge in [-0.05, 0) is 37.1 Å². The predicted molar refractivity (Wildman–Crippen MR) is 95.7 cm³/mol.